The van der Waals surface area contributed by atoms with Gasteiger partial charge in [0.05, 0.1) is 0 Å². The Balaban J connectivity index is 2.23. The van der Waals surface area contributed by atoms with Crippen molar-refractivity contribution in [3.8, 4) is 0 Å². The first-order valence-corrected chi connectivity index (χ1v) is 6.80. The number of hydrogen-bond donors (Lipinski definition) is 2. The Kier molecular flexibility index (Phi) is 2.92. The van der Waals surface area contributed by atoms with Gasteiger partial charge in [-0.2, -0.15) is 0 Å². The molecule has 3 fully saturated rings. The van der Waals surface area contributed by atoms with Gasteiger partial charge in [0.25, 0.3) is 0 Å². The SMILES string of the molecule is CC1C(=NNC(=N)[Se])C2CC(C1C)C2(C)C. The Morgan fingerprint density at radius 3 is 2.62 bits per heavy atom. The van der Waals surface area contributed by atoms with Gasteiger partial charge in [0.1, 0.15) is 0 Å². The summed E-state index contributed by atoms with van der Waals surface area (Å²) in [7, 11) is 0. The molecule has 3 aliphatic rings. The topological polar surface area (TPSA) is 48.2 Å². The van der Waals surface area contributed by atoms with Crippen LogP contribution in [0.1, 0.15) is 34.1 Å². The van der Waals surface area contributed by atoms with Crippen molar-refractivity contribution in [2.45, 2.75) is 34.1 Å². The Labute approximate surface area is 106 Å². The Hall–Kier alpha value is -0.341. The molecule has 3 aliphatic carbocycles. The molecule has 0 heterocycles. The van der Waals surface area contributed by atoms with Crippen LogP contribution in [0.2, 0.25) is 0 Å². The summed E-state index contributed by atoms with van der Waals surface area (Å²) >= 11 is 2.62. The van der Waals surface area contributed by atoms with Gasteiger partial charge in [0, 0.05) is 0 Å². The summed E-state index contributed by atoms with van der Waals surface area (Å²) in [5, 5.41) is 11.8. The van der Waals surface area contributed by atoms with Gasteiger partial charge >= 0.3 is 106 Å². The predicted molar refractivity (Wildman–Crippen MR) is 67.8 cm³/mol. The molecule has 4 unspecified atom stereocenters. The monoisotopic (exact) mass is 286 g/mol. The molecule has 0 aromatic rings. The van der Waals surface area contributed by atoms with Crippen molar-refractivity contribution in [2.24, 2.45) is 34.2 Å². The maximum absolute atomic E-state index is 7.33. The second-order valence-electron chi connectivity index (χ2n) is 5.84. The van der Waals surface area contributed by atoms with E-state index in [9.17, 15) is 0 Å². The molecule has 1 radical (unpaired) electrons. The summed E-state index contributed by atoms with van der Waals surface area (Å²) < 4.78 is 0.298. The molecule has 2 bridgehead atoms. The molecule has 0 aromatic carbocycles. The van der Waals surface area contributed by atoms with Crippen LogP contribution in [0.4, 0.5) is 0 Å². The molecular weight excluding hydrogens is 265 g/mol. The summed E-state index contributed by atoms with van der Waals surface area (Å²) in [4.78, 5) is 0. The first-order chi connectivity index (χ1) is 7.35. The summed E-state index contributed by atoms with van der Waals surface area (Å²) in [6, 6.07) is 0. The Morgan fingerprint density at radius 1 is 1.50 bits per heavy atom. The average molecular weight is 285 g/mol. The van der Waals surface area contributed by atoms with Crippen molar-refractivity contribution in [3.63, 3.8) is 0 Å². The van der Waals surface area contributed by atoms with E-state index in [0.29, 0.717) is 27.9 Å². The van der Waals surface area contributed by atoms with E-state index in [2.05, 4.69) is 54.2 Å². The summed E-state index contributed by atoms with van der Waals surface area (Å²) in [5.74, 6) is 2.70. The number of nitrogens with one attached hydrogen (secondary N) is 2. The van der Waals surface area contributed by atoms with Gasteiger partial charge in [-0.05, 0) is 0 Å². The number of hydrogen-bond acceptors (Lipinski definition) is 2. The molecular formula is C12H20N3Se. The van der Waals surface area contributed by atoms with Gasteiger partial charge in [-0.1, -0.05) is 0 Å². The minimum absolute atomic E-state index is 0.298. The van der Waals surface area contributed by atoms with Gasteiger partial charge in [-0.15, -0.1) is 0 Å². The predicted octanol–water partition coefficient (Wildman–Crippen LogP) is 1.98. The van der Waals surface area contributed by atoms with Gasteiger partial charge < -0.3 is 0 Å². The normalized spacial score (nSPS) is 42.6. The minimum atomic E-state index is 0.298. The standard InChI is InChI=1S/C12H20N3Se/c1-6-7(2)10(14-15-11(13)16)9-5-8(6)12(9,3)4/h6-9H,5H2,1-4H3,(H2,13,15). The third kappa shape index (κ3) is 1.63. The van der Waals surface area contributed by atoms with E-state index in [4.69, 9.17) is 5.41 Å². The van der Waals surface area contributed by atoms with E-state index in [1.54, 1.807) is 0 Å². The number of amidine groups is 1. The first kappa shape index (κ1) is 12.1. The second-order valence-corrected chi connectivity index (χ2v) is 6.70. The molecule has 0 spiro atoms. The Morgan fingerprint density at radius 2 is 2.12 bits per heavy atom. The van der Waals surface area contributed by atoms with Crippen LogP contribution in [0, 0.1) is 34.5 Å². The third-order valence-electron chi connectivity index (χ3n) is 4.88. The van der Waals surface area contributed by atoms with E-state index in [0.717, 1.165) is 5.92 Å². The maximum atomic E-state index is 7.33. The number of nitrogens with zero attached hydrogens (tertiary/aromatic N) is 1. The van der Waals surface area contributed by atoms with Crippen LogP contribution in [-0.4, -0.2) is 26.5 Å². The number of rotatable bonds is 1. The van der Waals surface area contributed by atoms with Gasteiger partial charge in [-0.3, -0.25) is 0 Å². The van der Waals surface area contributed by atoms with Crippen molar-refractivity contribution < 1.29 is 0 Å². The van der Waals surface area contributed by atoms with Crippen LogP contribution in [0.5, 0.6) is 0 Å². The molecule has 2 N–H and O–H groups in total. The van der Waals surface area contributed by atoms with E-state index >= 15 is 0 Å². The van der Waals surface area contributed by atoms with E-state index < -0.39 is 0 Å². The molecule has 3 rings (SSSR count). The quantitative estimate of drug-likeness (QED) is 0.329. The van der Waals surface area contributed by atoms with Crippen LogP contribution in [0.25, 0.3) is 0 Å². The van der Waals surface area contributed by atoms with Crippen molar-refractivity contribution in [3.05, 3.63) is 0 Å². The van der Waals surface area contributed by atoms with Crippen LogP contribution in [0.3, 0.4) is 0 Å². The fourth-order valence-corrected chi connectivity index (χ4v) is 3.68. The van der Waals surface area contributed by atoms with Crippen LogP contribution >= 0.6 is 0 Å². The molecule has 0 aliphatic heterocycles. The molecule has 0 saturated heterocycles. The zero-order chi connectivity index (χ0) is 12.1. The van der Waals surface area contributed by atoms with E-state index in [1.165, 1.54) is 12.1 Å². The number of hydrazone groups is 1. The zero-order valence-corrected chi connectivity index (χ0v) is 12.1. The summed E-state index contributed by atoms with van der Waals surface area (Å²) in [6.45, 7) is 9.31. The summed E-state index contributed by atoms with van der Waals surface area (Å²) in [6.07, 6.45) is 1.28. The third-order valence-corrected chi connectivity index (χ3v) is 5.07. The first-order valence-electron chi connectivity index (χ1n) is 5.94. The average Bonchev–Trinajstić information content (AvgIpc) is 2.18. The van der Waals surface area contributed by atoms with Gasteiger partial charge in [0.15, 0.2) is 0 Å². The van der Waals surface area contributed by atoms with Crippen LogP contribution < -0.4 is 5.43 Å². The fourth-order valence-electron chi connectivity index (χ4n) is 3.58. The summed E-state index contributed by atoms with van der Waals surface area (Å²) in [5.41, 5.74) is 4.43. The van der Waals surface area contributed by atoms with Crippen LogP contribution in [0.15, 0.2) is 5.10 Å². The molecule has 89 valence electrons. The van der Waals surface area contributed by atoms with Crippen molar-refractivity contribution >= 4 is 26.5 Å². The molecule has 4 heteroatoms. The zero-order valence-electron chi connectivity index (χ0n) is 10.4. The molecule has 3 saturated carbocycles. The van der Waals surface area contributed by atoms with E-state index in [-0.39, 0.29) is 0 Å². The van der Waals surface area contributed by atoms with Gasteiger partial charge in [-0.25, -0.2) is 0 Å². The fraction of sp³-hybridized carbons (Fsp3) is 0.833. The van der Waals surface area contributed by atoms with Crippen molar-refractivity contribution in [1.29, 1.82) is 5.41 Å². The van der Waals surface area contributed by atoms with Crippen molar-refractivity contribution in [2.75, 3.05) is 0 Å². The molecule has 0 amide bonds. The van der Waals surface area contributed by atoms with E-state index in [1.807, 2.05) is 0 Å². The molecule has 0 aromatic heterocycles. The molecule has 4 atom stereocenters. The van der Waals surface area contributed by atoms with Crippen LogP contribution in [-0.2, 0) is 0 Å². The van der Waals surface area contributed by atoms with Gasteiger partial charge in [0.2, 0.25) is 0 Å². The van der Waals surface area contributed by atoms with Crippen molar-refractivity contribution in [1.82, 2.24) is 5.43 Å². The number of fused-ring (bicyclic) bond motifs is 2. The second kappa shape index (κ2) is 3.85. The molecule has 16 heavy (non-hydrogen) atoms. The molecule has 3 nitrogen and oxygen atoms in total. The Bertz CT molecular complexity index is 348.